The fourth-order valence-electron chi connectivity index (χ4n) is 3.79. The van der Waals surface area contributed by atoms with Crippen LogP contribution in [0.25, 0.3) is 0 Å². The first-order valence-corrected chi connectivity index (χ1v) is 9.63. The molecule has 2 aliphatic heterocycles. The zero-order valence-corrected chi connectivity index (χ0v) is 15.3. The van der Waals surface area contributed by atoms with E-state index in [4.69, 9.17) is 11.6 Å². The van der Waals surface area contributed by atoms with Gasteiger partial charge in [0.1, 0.15) is 0 Å². The van der Waals surface area contributed by atoms with Gasteiger partial charge in [-0.05, 0) is 38.0 Å². The lowest BCUT2D eigenvalue weighted by Gasteiger charge is -2.22. The van der Waals surface area contributed by atoms with Crippen molar-refractivity contribution in [2.45, 2.75) is 51.9 Å². The summed E-state index contributed by atoms with van der Waals surface area (Å²) < 4.78 is 0. The zero-order valence-electron chi connectivity index (χ0n) is 14.5. The average molecular weight is 351 g/mol. The molecule has 1 aromatic heterocycles. The molecule has 1 atom stereocenters. The van der Waals surface area contributed by atoms with E-state index in [0.717, 1.165) is 57.8 Å². The second kappa shape index (κ2) is 8.15. The van der Waals surface area contributed by atoms with Crippen molar-refractivity contribution in [3.63, 3.8) is 0 Å². The molecule has 0 aliphatic carbocycles. The van der Waals surface area contributed by atoms with Crippen molar-refractivity contribution in [2.24, 2.45) is 5.92 Å². The van der Waals surface area contributed by atoms with Crippen LogP contribution in [0.2, 0.25) is 5.02 Å². The summed E-state index contributed by atoms with van der Waals surface area (Å²) in [6.45, 7) is 5.75. The van der Waals surface area contributed by atoms with Crippen LogP contribution in [0.15, 0.2) is 6.20 Å². The Balaban J connectivity index is 1.73. The molecule has 1 aromatic rings. The number of likely N-dealkylation sites (tertiary alicyclic amines) is 1. The Morgan fingerprint density at radius 3 is 2.75 bits per heavy atom. The number of hydrogen-bond acceptors (Lipinski definition) is 4. The molecule has 3 rings (SSSR count). The zero-order chi connectivity index (χ0) is 16.9. The number of aromatic nitrogens is 2. The van der Waals surface area contributed by atoms with Crippen molar-refractivity contribution in [3.05, 3.63) is 16.9 Å². The van der Waals surface area contributed by atoms with E-state index in [0.29, 0.717) is 16.7 Å². The SMILES string of the molecule is CCC[C@@H]1CCCN(C(=O)c2nc(N3CCCC3)ncc2Cl)CC1. The van der Waals surface area contributed by atoms with Crippen LogP contribution in [-0.4, -0.2) is 47.0 Å². The summed E-state index contributed by atoms with van der Waals surface area (Å²) in [4.78, 5) is 25.8. The Kier molecular flexibility index (Phi) is 5.93. The summed E-state index contributed by atoms with van der Waals surface area (Å²) in [7, 11) is 0. The number of carbonyl (C=O) groups excluding carboxylic acids is 1. The van der Waals surface area contributed by atoms with Crippen molar-refractivity contribution < 1.29 is 4.79 Å². The van der Waals surface area contributed by atoms with Crippen LogP contribution in [0.5, 0.6) is 0 Å². The average Bonchev–Trinajstić information content (AvgIpc) is 3.02. The van der Waals surface area contributed by atoms with Crippen LogP contribution in [0, 0.1) is 5.92 Å². The molecule has 132 valence electrons. The molecule has 0 spiro atoms. The third kappa shape index (κ3) is 4.00. The van der Waals surface area contributed by atoms with Gasteiger partial charge in [0, 0.05) is 26.2 Å². The van der Waals surface area contributed by atoms with Crippen LogP contribution >= 0.6 is 11.6 Å². The minimum absolute atomic E-state index is 0.0417. The summed E-state index contributed by atoms with van der Waals surface area (Å²) in [5.41, 5.74) is 0.363. The quantitative estimate of drug-likeness (QED) is 0.829. The normalized spacial score (nSPS) is 21.8. The standard InChI is InChI=1S/C18H27ClN4O/c1-2-6-14-7-5-11-22(12-8-14)17(24)16-15(19)13-20-18(21-16)23-9-3-4-10-23/h13-14H,2-12H2,1H3/t14-/m1/s1. The minimum Gasteiger partial charge on any atom is -0.341 e. The predicted octanol–water partition coefficient (Wildman–Crippen LogP) is 3.77. The molecule has 2 aliphatic rings. The van der Waals surface area contributed by atoms with Gasteiger partial charge < -0.3 is 9.80 Å². The fourth-order valence-corrected chi connectivity index (χ4v) is 3.96. The van der Waals surface area contributed by atoms with Gasteiger partial charge in [-0.15, -0.1) is 0 Å². The van der Waals surface area contributed by atoms with Gasteiger partial charge in [-0.25, -0.2) is 9.97 Å². The highest BCUT2D eigenvalue weighted by atomic mass is 35.5. The maximum Gasteiger partial charge on any atom is 0.274 e. The van der Waals surface area contributed by atoms with Crippen molar-refractivity contribution in [1.29, 1.82) is 0 Å². The van der Waals surface area contributed by atoms with Gasteiger partial charge in [0.2, 0.25) is 5.95 Å². The summed E-state index contributed by atoms with van der Waals surface area (Å²) in [5, 5.41) is 0.359. The summed E-state index contributed by atoms with van der Waals surface area (Å²) >= 11 is 6.25. The van der Waals surface area contributed by atoms with E-state index in [1.807, 2.05) is 4.90 Å². The van der Waals surface area contributed by atoms with Gasteiger partial charge >= 0.3 is 0 Å². The van der Waals surface area contributed by atoms with E-state index < -0.39 is 0 Å². The highest BCUT2D eigenvalue weighted by Gasteiger charge is 2.25. The molecule has 5 nitrogen and oxygen atoms in total. The van der Waals surface area contributed by atoms with E-state index in [1.165, 1.54) is 19.3 Å². The molecule has 0 unspecified atom stereocenters. The molecule has 0 N–H and O–H groups in total. The summed E-state index contributed by atoms with van der Waals surface area (Å²) in [5.74, 6) is 1.34. The van der Waals surface area contributed by atoms with Gasteiger partial charge in [0.05, 0.1) is 11.2 Å². The summed E-state index contributed by atoms with van der Waals surface area (Å²) in [6.07, 6.45) is 9.73. The Morgan fingerprint density at radius 1 is 1.21 bits per heavy atom. The van der Waals surface area contributed by atoms with Gasteiger partial charge in [0.25, 0.3) is 5.91 Å². The topological polar surface area (TPSA) is 49.3 Å². The second-order valence-corrected chi connectivity index (χ2v) is 7.35. The fraction of sp³-hybridized carbons (Fsp3) is 0.722. The molecule has 0 saturated carbocycles. The minimum atomic E-state index is -0.0417. The molecule has 0 bridgehead atoms. The molecule has 24 heavy (non-hydrogen) atoms. The van der Waals surface area contributed by atoms with E-state index in [9.17, 15) is 4.79 Å². The number of amides is 1. The first kappa shape index (κ1) is 17.5. The molecule has 3 heterocycles. The molecule has 2 saturated heterocycles. The van der Waals surface area contributed by atoms with Crippen molar-refractivity contribution in [1.82, 2.24) is 14.9 Å². The Hall–Kier alpha value is -1.36. The van der Waals surface area contributed by atoms with Crippen LogP contribution in [0.1, 0.15) is 62.4 Å². The molecular formula is C18H27ClN4O. The van der Waals surface area contributed by atoms with Gasteiger partial charge in [-0.2, -0.15) is 0 Å². The van der Waals surface area contributed by atoms with E-state index in [1.54, 1.807) is 6.20 Å². The number of hydrogen-bond donors (Lipinski definition) is 0. The van der Waals surface area contributed by atoms with Crippen LogP contribution in [0.4, 0.5) is 5.95 Å². The molecule has 0 radical (unpaired) electrons. The first-order valence-electron chi connectivity index (χ1n) is 9.25. The summed E-state index contributed by atoms with van der Waals surface area (Å²) in [6, 6.07) is 0. The number of nitrogens with zero attached hydrogens (tertiary/aromatic N) is 4. The molecule has 2 fully saturated rings. The Labute approximate surface area is 149 Å². The lowest BCUT2D eigenvalue weighted by atomic mass is 9.96. The predicted molar refractivity (Wildman–Crippen MR) is 96.6 cm³/mol. The van der Waals surface area contributed by atoms with E-state index in [2.05, 4.69) is 21.8 Å². The van der Waals surface area contributed by atoms with Crippen molar-refractivity contribution >= 4 is 23.5 Å². The van der Waals surface area contributed by atoms with Gasteiger partial charge in [-0.3, -0.25) is 4.79 Å². The highest BCUT2D eigenvalue weighted by Crippen LogP contribution is 2.25. The van der Waals surface area contributed by atoms with E-state index in [-0.39, 0.29) is 5.91 Å². The Morgan fingerprint density at radius 2 is 2.00 bits per heavy atom. The van der Waals surface area contributed by atoms with Gasteiger partial charge in [0.15, 0.2) is 5.69 Å². The highest BCUT2D eigenvalue weighted by molar-refractivity contribution is 6.33. The third-order valence-corrected chi connectivity index (χ3v) is 5.43. The maximum atomic E-state index is 12.9. The third-order valence-electron chi connectivity index (χ3n) is 5.15. The number of halogens is 1. The lowest BCUT2D eigenvalue weighted by molar-refractivity contribution is 0.0754. The van der Waals surface area contributed by atoms with Crippen LogP contribution < -0.4 is 4.90 Å². The molecular weight excluding hydrogens is 324 g/mol. The second-order valence-electron chi connectivity index (χ2n) is 6.94. The molecule has 1 amide bonds. The number of carbonyl (C=O) groups is 1. The Bertz CT molecular complexity index is 574. The van der Waals surface area contributed by atoms with Gasteiger partial charge in [-0.1, -0.05) is 31.4 Å². The van der Waals surface area contributed by atoms with E-state index >= 15 is 0 Å². The van der Waals surface area contributed by atoms with Crippen molar-refractivity contribution in [3.8, 4) is 0 Å². The monoisotopic (exact) mass is 350 g/mol. The maximum absolute atomic E-state index is 12.9. The number of anilines is 1. The molecule has 0 aromatic carbocycles. The van der Waals surface area contributed by atoms with Crippen molar-refractivity contribution in [2.75, 3.05) is 31.1 Å². The smallest absolute Gasteiger partial charge is 0.274 e. The van der Waals surface area contributed by atoms with Crippen LogP contribution in [-0.2, 0) is 0 Å². The lowest BCUT2D eigenvalue weighted by Crippen LogP contribution is -2.33. The largest absolute Gasteiger partial charge is 0.341 e. The molecule has 6 heteroatoms. The van der Waals surface area contributed by atoms with Crippen LogP contribution in [0.3, 0.4) is 0 Å². The first-order chi connectivity index (χ1) is 11.7. The number of rotatable bonds is 4.